The summed E-state index contributed by atoms with van der Waals surface area (Å²) in [5.41, 5.74) is 0. The molecular formula is C37H30P2Se. The van der Waals surface area contributed by atoms with Crippen molar-refractivity contribution < 1.29 is 0 Å². The Balaban J connectivity index is 1.94. The Morgan fingerprint density at radius 3 is 0.825 bits per heavy atom. The van der Waals surface area contributed by atoms with E-state index < -0.39 is 14.1 Å². The fourth-order valence-corrected chi connectivity index (χ4v) is 20.4. The molecule has 0 unspecified atom stereocenters. The summed E-state index contributed by atoms with van der Waals surface area (Å²) in [4.78, 5) is 0. The van der Waals surface area contributed by atoms with Crippen LogP contribution >= 0.6 is 14.1 Å². The molecule has 0 atom stereocenters. The van der Waals surface area contributed by atoms with Crippen molar-refractivity contribution in [3.8, 4) is 0 Å². The molecule has 0 aromatic heterocycles. The molecule has 0 aliphatic rings. The molecule has 6 aromatic rings. The van der Waals surface area contributed by atoms with E-state index in [1.54, 1.807) is 0 Å². The first-order valence-electron chi connectivity index (χ1n) is 13.5. The fraction of sp³-hybridized carbons (Fsp3) is 0. The van der Waals surface area contributed by atoms with Gasteiger partial charge in [-0.3, -0.25) is 0 Å². The summed E-state index contributed by atoms with van der Waals surface area (Å²) < 4.78 is 1.42. The summed E-state index contributed by atoms with van der Waals surface area (Å²) in [5.74, 6) is 0. The molecular weight excluding hydrogens is 585 g/mol. The molecule has 0 amide bonds. The van der Waals surface area contributed by atoms with Crippen LogP contribution < -0.4 is 31.8 Å². The van der Waals surface area contributed by atoms with Crippen molar-refractivity contribution in [3.05, 3.63) is 182 Å². The van der Waals surface area contributed by atoms with Crippen LogP contribution in [0.4, 0.5) is 0 Å². The van der Waals surface area contributed by atoms with Crippen molar-refractivity contribution >= 4 is 65.9 Å². The number of rotatable bonds is 7. The second-order valence-corrected chi connectivity index (χ2v) is 18.9. The van der Waals surface area contributed by atoms with Gasteiger partial charge >= 0.3 is 248 Å². The number of hydrogen-bond donors (Lipinski definition) is 0. The second kappa shape index (κ2) is 12.0. The van der Waals surface area contributed by atoms with Gasteiger partial charge in [0.1, 0.15) is 0 Å². The van der Waals surface area contributed by atoms with Crippen molar-refractivity contribution in [1.29, 1.82) is 0 Å². The molecule has 0 heterocycles. The van der Waals surface area contributed by atoms with E-state index in [4.69, 9.17) is 0 Å². The monoisotopic (exact) mass is 616 g/mol. The predicted octanol–water partition coefficient (Wildman–Crippen LogP) is 6.23. The molecule has 0 fully saturated rings. The standard InChI is InChI=1S/C37H30P2Se/c40-37(38(31-19-7-1-8-20-31,32-21-9-2-10-22-32)33-23-11-3-12-24-33)39(34-25-13-4-14-26-34,35-27-15-5-16-28-35)36-29-17-6-18-30-36/h1-30H. The summed E-state index contributed by atoms with van der Waals surface area (Å²) in [5, 5.41) is 8.13. The van der Waals surface area contributed by atoms with Gasteiger partial charge in [0, 0.05) is 0 Å². The Kier molecular flexibility index (Phi) is 8.02. The molecule has 0 saturated heterocycles. The third kappa shape index (κ3) is 4.55. The maximum atomic E-state index is 3.87. The number of benzene rings is 6. The van der Waals surface area contributed by atoms with E-state index in [0.717, 1.165) is 0 Å². The van der Waals surface area contributed by atoms with Gasteiger partial charge in [-0.25, -0.2) is 0 Å². The average Bonchev–Trinajstić information content (AvgIpc) is 3.05. The molecule has 6 aromatic carbocycles. The molecule has 0 aliphatic heterocycles. The van der Waals surface area contributed by atoms with Crippen LogP contribution in [0.15, 0.2) is 182 Å². The molecule has 0 spiro atoms. The van der Waals surface area contributed by atoms with Crippen LogP contribution in [-0.4, -0.2) is 19.9 Å². The van der Waals surface area contributed by atoms with Gasteiger partial charge in [0.25, 0.3) is 0 Å². The van der Waals surface area contributed by atoms with Crippen LogP contribution in [0.1, 0.15) is 0 Å². The molecule has 0 aliphatic carbocycles. The van der Waals surface area contributed by atoms with E-state index in [-0.39, 0.29) is 0 Å². The SMILES string of the molecule is [Se-]C(=P(c1ccccc1)(c1ccccc1)c1ccccc1)[P+](c1ccccc1)(c1ccccc1)c1ccccc1. The predicted molar refractivity (Wildman–Crippen MR) is 181 cm³/mol. The molecule has 0 bridgehead atoms. The van der Waals surface area contributed by atoms with Gasteiger partial charge < -0.3 is 0 Å². The molecule has 40 heavy (non-hydrogen) atoms. The third-order valence-corrected chi connectivity index (χ3v) is 20.3. The molecule has 194 valence electrons. The molecule has 0 N–H and O–H groups in total. The first-order chi connectivity index (χ1) is 19.8. The van der Waals surface area contributed by atoms with Gasteiger partial charge in [0.05, 0.1) is 0 Å². The third-order valence-electron chi connectivity index (χ3n) is 7.43. The van der Waals surface area contributed by atoms with Crippen LogP contribution in [0.3, 0.4) is 0 Å². The number of hydrogen-bond acceptors (Lipinski definition) is 0. The Morgan fingerprint density at radius 1 is 0.350 bits per heavy atom. The molecule has 6 rings (SSSR count). The summed E-state index contributed by atoms with van der Waals surface area (Å²) in [7, 11) is -2.35. The van der Waals surface area contributed by atoms with E-state index in [9.17, 15) is 0 Å². The maximum absolute atomic E-state index is 3.87. The Labute approximate surface area is 246 Å². The Morgan fingerprint density at radius 2 is 0.575 bits per heavy atom. The van der Waals surface area contributed by atoms with Gasteiger partial charge in [-0.05, 0) is 0 Å². The van der Waals surface area contributed by atoms with Crippen molar-refractivity contribution in [3.63, 3.8) is 0 Å². The van der Waals surface area contributed by atoms with E-state index in [2.05, 4.69) is 198 Å². The molecule has 0 nitrogen and oxygen atoms in total. The van der Waals surface area contributed by atoms with Crippen LogP contribution in [0.2, 0.25) is 0 Å². The first kappa shape index (κ1) is 26.8. The summed E-state index contributed by atoms with van der Waals surface area (Å²) in [6.45, 7) is -2.35. The van der Waals surface area contributed by atoms with Crippen LogP contribution in [0.25, 0.3) is 0 Å². The first-order valence-corrected chi connectivity index (χ1v) is 17.9. The van der Waals surface area contributed by atoms with E-state index >= 15 is 0 Å². The average molecular weight is 616 g/mol. The van der Waals surface area contributed by atoms with Crippen LogP contribution in [0, 0.1) is 0 Å². The van der Waals surface area contributed by atoms with Gasteiger partial charge in [0.15, 0.2) is 0 Å². The van der Waals surface area contributed by atoms with E-state index in [0.29, 0.717) is 0 Å². The van der Waals surface area contributed by atoms with Crippen molar-refractivity contribution in [1.82, 2.24) is 0 Å². The van der Waals surface area contributed by atoms with Gasteiger partial charge in [-0.15, -0.1) is 0 Å². The van der Waals surface area contributed by atoms with Crippen molar-refractivity contribution in [2.45, 2.75) is 0 Å². The Hall–Kier alpha value is -3.43. The second-order valence-electron chi connectivity index (χ2n) is 9.64. The molecule has 0 saturated carbocycles. The fourth-order valence-electron chi connectivity index (χ4n) is 5.69. The van der Waals surface area contributed by atoms with Gasteiger partial charge in [0.2, 0.25) is 0 Å². The summed E-state index contributed by atoms with van der Waals surface area (Å²) in [6, 6.07) is 67.1. The minimum atomic E-state index is -2.35. The summed E-state index contributed by atoms with van der Waals surface area (Å²) in [6.07, 6.45) is 0. The topological polar surface area (TPSA) is 0 Å². The quantitative estimate of drug-likeness (QED) is 0.148. The van der Waals surface area contributed by atoms with Crippen molar-refractivity contribution in [2.24, 2.45) is 0 Å². The zero-order chi connectivity index (χ0) is 27.3. The summed E-state index contributed by atoms with van der Waals surface area (Å²) >= 11 is 3.87. The van der Waals surface area contributed by atoms with Gasteiger partial charge in [-0.1, -0.05) is 0 Å². The van der Waals surface area contributed by atoms with Crippen LogP contribution in [0.5, 0.6) is 0 Å². The zero-order valence-electron chi connectivity index (χ0n) is 22.1. The van der Waals surface area contributed by atoms with Gasteiger partial charge in [-0.2, -0.15) is 0 Å². The molecule has 3 heteroatoms. The zero-order valence-corrected chi connectivity index (χ0v) is 25.6. The molecule has 0 radical (unpaired) electrons. The van der Waals surface area contributed by atoms with E-state index in [1.165, 1.54) is 35.8 Å². The van der Waals surface area contributed by atoms with Crippen LogP contribution in [-0.2, 0) is 0 Å². The van der Waals surface area contributed by atoms with E-state index in [1.807, 2.05) is 0 Å². The minimum absolute atomic E-state index is 1.35. The Bertz CT molecular complexity index is 1520. The normalized spacial score (nSPS) is 11.6. The van der Waals surface area contributed by atoms with Crippen molar-refractivity contribution in [2.75, 3.05) is 0 Å².